The van der Waals surface area contributed by atoms with E-state index >= 15 is 0 Å². The third-order valence-electron chi connectivity index (χ3n) is 2.96. The van der Waals surface area contributed by atoms with Crippen molar-refractivity contribution in [2.45, 2.75) is 42.9 Å². The van der Waals surface area contributed by atoms with E-state index in [1.165, 1.54) is 12.1 Å². The second-order valence-electron chi connectivity index (χ2n) is 4.95. The third kappa shape index (κ3) is 4.21. The molecule has 1 unspecified atom stereocenters. The largest absolute Gasteiger partial charge is 0.341 e. The summed E-state index contributed by atoms with van der Waals surface area (Å²) in [6, 6.07) is 4.53. The Kier molecular flexibility index (Phi) is 5.41. The highest BCUT2D eigenvalue weighted by Gasteiger charge is 2.28. The average Bonchev–Trinajstić information content (AvgIpc) is 2.39. The first kappa shape index (κ1) is 17.5. The number of nitrogens with one attached hydrogen (secondary N) is 1. The van der Waals surface area contributed by atoms with Gasteiger partial charge in [0.15, 0.2) is 0 Å². The fraction of sp³-hybridized carbons (Fsp3) is 0.462. The zero-order chi connectivity index (χ0) is 16.3. The molecule has 1 amide bonds. The standard InChI is InChI=1S/C13H18F2N2O3S/c1-3-8-13(2,16)11(18)17-9-4-6-10(7-5-9)21(19,20)12(14)15/h4-7,12H,3,8,16H2,1-2H3,(H,17,18). The van der Waals surface area contributed by atoms with Gasteiger partial charge in [-0.15, -0.1) is 0 Å². The predicted octanol–water partition coefficient (Wildman–Crippen LogP) is 2.14. The van der Waals surface area contributed by atoms with Crippen LogP contribution in [0.2, 0.25) is 0 Å². The molecule has 0 spiro atoms. The molecule has 0 aliphatic heterocycles. The molecule has 5 nitrogen and oxygen atoms in total. The van der Waals surface area contributed by atoms with Crippen LogP contribution in [-0.4, -0.2) is 25.6 Å². The number of anilines is 1. The second-order valence-corrected chi connectivity index (χ2v) is 6.87. The molecule has 8 heteroatoms. The Bertz CT molecular complexity index is 598. The highest BCUT2D eigenvalue weighted by atomic mass is 32.2. The quantitative estimate of drug-likeness (QED) is 0.840. The minimum Gasteiger partial charge on any atom is -0.325 e. The topological polar surface area (TPSA) is 89.3 Å². The van der Waals surface area contributed by atoms with Gasteiger partial charge in [-0.05, 0) is 37.6 Å². The molecule has 1 rings (SSSR count). The van der Waals surface area contributed by atoms with Gasteiger partial charge in [-0.25, -0.2) is 8.42 Å². The Morgan fingerprint density at radius 3 is 2.29 bits per heavy atom. The number of hydrogen-bond donors (Lipinski definition) is 2. The average molecular weight is 320 g/mol. The smallest absolute Gasteiger partial charge is 0.325 e. The number of alkyl halides is 2. The normalized spacial score (nSPS) is 14.8. The van der Waals surface area contributed by atoms with Gasteiger partial charge in [-0.2, -0.15) is 8.78 Å². The fourth-order valence-electron chi connectivity index (χ4n) is 1.74. The van der Waals surface area contributed by atoms with Crippen LogP contribution in [0, 0.1) is 0 Å². The lowest BCUT2D eigenvalue weighted by atomic mass is 9.96. The van der Waals surface area contributed by atoms with Gasteiger partial charge in [0.05, 0.1) is 10.4 Å². The molecule has 0 aromatic heterocycles. The molecule has 3 N–H and O–H groups in total. The summed E-state index contributed by atoms with van der Waals surface area (Å²) >= 11 is 0. The number of carbonyl (C=O) groups excluding carboxylic acids is 1. The van der Waals surface area contributed by atoms with E-state index in [2.05, 4.69) is 5.32 Å². The summed E-state index contributed by atoms with van der Waals surface area (Å²) < 4.78 is 47.3. The summed E-state index contributed by atoms with van der Waals surface area (Å²) in [6.45, 7) is 3.48. The lowest BCUT2D eigenvalue weighted by Gasteiger charge is -2.22. The number of hydrogen-bond acceptors (Lipinski definition) is 4. The molecule has 118 valence electrons. The lowest BCUT2D eigenvalue weighted by Crippen LogP contribution is -2.48. The Hall–Kier alpha value is -1.54. The second kappa shape index (κ2) is 6.48. The number of rotatable bonds is 6. The molecule has 0 aliphatic rings. The molecule has 0 aliphatic carbocycles. The van der Waals surface area contributed by atoms with Crippen LogP contribution in [-0.2, 0) is 14.6 Å². The van der Waals surface area contributed by atoms with Gasteiger partial charge < -0.3 is 11.1 Å². The Balaban J connectivity index is 2.88. The molecule has 0 saturated heterocycles. The molecule has 1 atom stereocenters. The monoisotopic (exact) mass is 320 g/mol. The van der Waals surface area contributed by atoms with Crippen LogP contribution in [0.25, 0.3) is 0 Å². The fourth-order valence-corrected chi connectivity index (χ4v) is 2.46. The molecule has 1 aromatic carbocycles. The lowest BCUT2D eigenvalue weighted by molar-refractivity contribution is -0.120. The van der Waals surface area contributed by atoms with E-state index in [0.717, 1.165) is 18.6 Å². The molecule has 1 aromatic rings. The SMILES string of the molecule is CCCC(C)(N)C(=O)Nc1ccc(S(=O)(=O)C(F)F)cc1. The first-order valence-electron chi connectivity index (χ1n) is 6.33. The number of benzene rings is 1. The Morgan fingerprint density at radius 1 is 1.33 bits per heavy atom. The summed E-state index contributed by atoms with van der Waals surface area (Å²) in [5, 5.41) is 2.53. The zero-order valence-corrected chi connectivity index (χ0v) is 12.6. The van der Waals surface area contributed by atoms with Gasteiger partial charge in [-0.3, -0.25) is 4.79 Å². The van der Waals surface area contributed by atoms with Crippen molar-refractivity contribution in [2.75, 3.05) is 5.32 Å². The van der Waals surface area contributed by atoms with Crippen molar-refractivity contribution >= 4 is 21.4 Å². The Labute approximate surface area is 122 Å². The van der Waals surface area contributed by atoms with Gasteiger partial charge in [-0.1, -0.05) is 13.3 Å². The Morgan fingerprint density at radius 2 is 1.86 bits per heavy atom. The van der Waals surface area contributed by atoms with E-state index in [1.807, 2.05) is 6.92 Å². The van der Waals surface area contributed by atoms with Crippen molar-refractivity contribution in [3.8, 4) is 0 Å². The minimum absolute atomic E-state index is 0.293. The molecular formula is C13H18F2N2O3S. The maximum atomic E-state index is 12.4. The molecule has 0 saturated carbocycles. The molecular weight excluding hydrogens is 302 g/mol. The van der Waals surface area contributed by atoms with E-state index in [0.29, 0.717) is 12.1 Å². The van der Waals surface area contributed by atoms with E-state index < -0.39 is 31.9 Å². The summed E-state index contributed by atoms with van der Waals surface area (Å²) in [5.74, 6) is -3.90. The zero-order valence-electron chi connectivity index (χ0n) is 11.8. The third-order valence-corrected chi connectivity index (χ3v) is 4.36. The maximum Gasteiger partial charge on any atom is 0.341 e. The van der Waals surface area contributed by atoms with Crippen molar-refractivity contribution in [1.29, 1.82) is 0 Å². The van der Waals surface area contributed by atoms with Crippen LogP contribution in [0.4, 0.5) is 14.5 Å². The number of carbonyl (C=O) groups is 1. The molecule has 0 radical (unpaired) electrons. The van der Waals surface area contributed by atoms with Crippen LogP contribution >= 0.6 is 0 Å². The van der Waals surface area contributed by atoms with E-state index in [1.54, 1.807) is 6.92 Å². The van der Waals surface area contributed by atoms with E-state index in [9.17, 15) is 22.0 Å². The summed E-state index contributed by atoms with van der Waals surface area (Å²) in [5.41, 5.74) is 5.09. The minimum atomic E-state index is -4.63. The van der Waals surface area contributed by atoms with Crippen molar-refractivity contribution in [3.63, 3.8) is 0 Å². The van der Waals surface area contributed by atoms with Crippen molar-refractivity contribution in [2.24, 2.45) is 5.73 Å². The van der Waals surface area contributed by atoms with Crippen molar-refractivity contribution in [1.82, 2.24) is 0 Å². The van der Waals surface area contributed by atoms with Crippen molar-refractivity contribution in [3.05, 3.63) is 24.3 Å². The maximum absolute atomic E-state index is 12.4. The number of sulfone groups is 1. The highest BCUT2D eigenvalue weighted by Crippen LogP contribution is 2.21. The predicted molar refractivity (Wildman–Crippen MR) is 75.8 cm³/mol. The summed E-state index contributed by atoms with van der Waals surface area (Å²) in [7, 11) is -4.63. The van der Waals surface area contributed by atoms with Gasteiger partial charge >= 0.3 is 5.76 Å². The van der Waals surface area contributed by atoms with Crippen LogP contribution < -0.4 is 11.1 Å². The van der Waals surface area contributed by atoms with Gasteiger partial charge in [0.25, 0.3) is 0 Å². The first-order valence-corrected chi connectivity index (χ1v) is 7.88. The van der Waals surface area contributed by atoms with Crippen LogP contribution in [0.15, 0.2) is 29.2 Å². The number of nitrogens with two attached hydrogens (primary N) is 1. The molecule has 0 heterocycles. The first-order chi connectivity index (χ1) is 9.61. The van der Waals surface area contributed by atoms with Gasteiger partial charge in [0.2, 0.25) is 15.7 Å². The van der Waals surface area contributed by atoms with Crippen LogP contribution in [0.5, 0.6) is 0 Å². The van der Waals surface area contributed by atoms with Crippen LogP contribution in [0.3, 0.4) is 0 Å². The van der Waals surface area contributed by atoms with Gasteiger partial charge in [0, 0.05) is 5.69 Å². The number of halogens is 2. The van der Waals surface area contributed by atoms with Gasteiger partial charge in [0.1, 0.15) is 0 Å². The summed E-state index contributed by atoms with van der Waals surface area (Å²) in [4.78, 5) is 11.4. The molecule has 0 bridgehead atoms. The summed E-state index contributed by atoms with van der Waals surface area (Å²) in [6.07, 6.45) is 1.21. The van der Waals surface area contributed by atoms with Crippen molar-refractivity contribution < 1.29 is 22.0 Å². The van der Waals surface area contributed by atoms with E-state index in [-0.39, 0.29) is 0 Å². The van der Waals surface area contributed by atoms with Crippen LogP contribution in [0.1, 0.15) is 26.7 Å². The van der Waals surface area contributed by atoms with E-state index in [4.69, 9.17) is 5.73 Å². The molecule has 0 fully saturated rings. The molecule has 21 heavy (non-hydrogen) atoms. The highest BCUT2D eigenvalue weighted by molar-refractivity contribution is 7.91. The number of amides is 1.